The van der Waals surface area contributed by atoms with E-state index >= 15 is 0 Å². The van der Waals surface area contributed by atoms with Crippen molar-refractivity contribution in [2.24, 2.45) is 0 Å². The van der Waals surface area contributed by atoms with Crippen LogP contribution in [0.5, 0.6) is 0 Å². The Morgan fingerprint density at radius 1 is 1.07 bits per heavy atom. The van der Waals surface area contributed by atoms with Gasteiger partial charge in [0.15, 0.2) is 0 Å². The predicted molar refractivity (Wildman–Crippen MR) is 71.4 cm³/mol. The van der Waals surface area contributed by atoms with E-state index in [4.69, 9.17) is 0 Å². The summed E-state index contributed by atoms with van der Waals surface area (Å²) >= 11 is 3.53. The van der Waals surface area contributed by atoms with Gasteiger partial charge in [0.25, 0.3) is 0 Å². The molecule has 1 aromatic rings. The maximum atomic E-state index is 3.53. The summed E-state index contributed by atoms with van der Waals surface area (Å²) in [4.78, 5) is 0. The molecule has 0 fully saturated rings. The Morgan fingerprint density at radius 3 is 2.53 bits per heavy atom. The third kappa shape index (κ3) is 5.22. The molecule has 1 rings (SSSR count). The molecule has 0 bridgehead atoms. The van der Waals surface area contributed by atoms with Crippen LogP contribution in [0.1, 0.15) is 39.0 Å². The van der Waals surface area contributed by atoms with Crippen molar-refractivity contribution in [3.05, 3.63) is 28.7 Å². The second-order valence-electron chi connectivity index (χ2n) is 3.82. The van der Waals surface area contributed by atoms with Gasteiger partial charge >= 0.3 is 0 Å². The van der Waals surface area contributed by atoms with Crippen LogP contribution in [0.25, 0.3) is 0 Å². The molecule has 1 nitrogen and oxygen atoms in total. The Labute approximate surface area is 101 Å². The molecule has 1 N–H and O–H groups in total. The Kier molecular flexibility index (Phi) is 6.49. The number of nitrogens with one attached hydrogen (secondary N) is 1. The highest BCUT2D eigenvalue weighted by molar-refractivity contribution is 9.10. The number of para-hydroxylation sites is 1. The SMILES string of the molecule is CCCCCCCNc1ccccc1Br. The Morgan fingerprint density at radius 2 is 1.80 bits per heavy atom. The molecule has 0 atom stereocenters. The molecule has 2 heteroatoms. The van der Waals surface area contributed by atoms with E-state index in [2.05, 4.69) is 46.4 Å². The van der Waals surface area contributed by atoms with Gasteiger partial charge in [-0.25, -0.2) is 0 Å². The van der Waals surface area contributed by atoms with Gasteiger partial charge in [0, 0.05) is 16.7 Å². The zero-order chi connectivity index (χ0) is 10.9. The molecule has 0 aromatic heterocycles. The molecule has 0 saturated carbocycles. The molecule has 0 radical (unpaired) electrons. The van der Waals surface area contributed by atoms with Gasteiger partial charge in [-0.2, -0.15) is 0 Å². The fraction of sp³-hybridized carbons (Fsp3) is 0.538. The summed E-state index contributed by atoms with van der Waals surface area (Å²) < 4.78 is 1.15. The molecular formula is C13H20BrN. The van der Waals surface area contributed by atoms with Gasteiger partial charge in [-0.3, -0.25) is 0 Å². The summed E-state index contributed by atoms with van der Waals surface area (Å²) in [5.74, 6) is 0. The number of halogens is 1. The van der Waals surface area contributed by atoms with Crippen LogP contribution in [0, 0.1) is 0 Å². The van der Waals surface area contributed by atoms with Crippen molar-refractivity contribution in [1.29, 1.82) is 0 Å². The van der Waals surface area contributed by atoms with Crippen molar-refractivity contribution in [2.75, 3.05) is 11.9 Å². The lowest BCUT2D eigenvalue weighted by Crippen LogP contribution is -2.01. The van der Waals surface area contributed by atoms with Crippen LogP contribution >= 0.6 is 15.9 Å². The quantitative estimate of drug-likeness (QED) is 0.699. The monoisotopic (exact) mass is 269 g/mol. The van der Waals surface area contributed by atoms with Gasteiger partial charge in [-0.05, 0) is 34.5 Å². The van der Waals surface area contributed by atoms with Crippen molar-refractivity contribution in [3.8, 4) is 0 Å². The van der Waals surface area contributed by atoms with Gasteiger partial charge < -0.3 is 5.32 Å². The van der Waals surface area contributed by atoms with E-state index < -0.39 is 0 Å². The lowest BCUT2D eigenvalue weighted by atomic mass is 10.1. The standard InChI is InChI=1S/C13H20BrN/c1-2-3-4-5-8-11-15-13-10-7-6-9-12(13)14/h6-7,9-10,15H,2-5,8,11H2,1H3. The first kappa shape index (κ1) is 12.6. The molecular weight excluding hydrogens is 250 g/mol. The van der Waals surface area contributed by atoms with E-state index in [-0.39, 0.29) is 0 Å². The highest BCUT2D eigenvalue weighted by Crippen LogP contribution is 2.21. The normalized spacial score (nSPS) is 10.3. The average molecular weight is 270 g/mol. The van der Waals surface area contributed by atoms with Gasteiger partial charge in [0.05, 0.1) is 0 Å². The predicted octanol–water partition coefficient (Wildman–Crippen LogP) is 4.83. The minimum absolute atomic E-state index is 1.08. The molecule has 0 amide bonds. The third-order valence-electron chi connectivity index (χ3n) is 2.47. The second-order valence-corrected chi connectivity index (χ2v) is 4.68. The largest absolute Gasteiger partial charge is 0.384 e. The van der Waals surface area contributed by atoms with Crippen LogP contribution in [-0.2, 0) is 0 Å². The highest BCUT2D eigenvalue weighted by atomic mass is 79.9. The van der Waals surface area contributed by atoms with Crippen LogP contribution in [0.3, 0.4) is 0 Å². The second kappa shape index (κ2) is 7.75. The van der Waals surface area contributed by atoms with Crippen molar-refractivity contribution in [1.82, 2.24) is 0 Å². The summed E-state index contributed by atoms with van der Waals surface area (Å²) in [6.45, 7) is 3.33. The van der Waals surface area contributed by atoms with Gasteiger partial charge in [0.2, 0.25) is 0 Å². The lowest BCUT2D eigenvalue weighted by Gasteiger charge is -2.07. The molecule has 1 aromatic carbocycles. The van der Waals surface area contributed by atoms with Gasteiger partial charge in [0.1, 0.15) is 0 Å². The van der Waals surface area contributed by atoms with Crippen molar-refractivity contribution >= 4 is 21.6 Å². The highest BCUT2D eigenvalue weighted by Gasteiger charge is 1.96. The summed E-state index contributed by atoms with van der Waals surface area (Å²) in [7, 11) is 0. The maximum Gasteiger partial charge on any atom is 0.0484 e. The van der Waals surface area contributed by atoms with Crippen molar-refractivity contribution < 1.29 is 0 Å². The van der Waals surface area contributed by atoms with Crippen molar-refractivity contribution in [2.45, 2.75) is 39.0 Å². The summed E-state index contributed by atoms with van der Waals surface area (Å²) in [6.07, 6.45) is 6.66. The van der Waals surface area contributed by atoms with E-state index in [0.717, 1.165) is 11.0 Å². The van der Waals surface area contributed by atoms with Crippen molar-refractivity contribution in [3.63, 3.8) is 0 Å². The molecule has 0 unspecified atom stereocenters. The first-order valence-electron chi connectivity index (χ1n) is 5.83. The molecule has 15 heavy (non-hydrogen) atoms. The molecule has 0 spiro atoms. The number of anilines is 1. The molecule has 0 aliphatic heterocycles. The van der Waals surface area contributed by atoms with Crippen LogP contribution in [0.15, 0.2) is 28.7 Å². The minimum atomic E-state index is 1.08. The van der Waals surface area contributed by atoms with Crippen LogP contribution in [0.4, 0.5) is 5.69 Å². The van der Waals surface area contributed by atoms with E-state index in [1.54, 1.807) is 0 Å². The van der Waals surface area contributed by atoms with Gasteiger partial charge in [-0.15, -0.1) is 0 Å². The van der Waals surface area contributed by atoms with Crippen LogP contribution in [-0.4, -0.2) is 6.54 Å². The Balaban J connectivity index is 2.12. The fourth-order valence-electron chi connectivity index (χ4n) is 1.56. The summed E-state index contributed by atoms with van der Waals surface area (Å²) in [5.41, 5.74) is 1.20. The molecule has 0 aliphatic carbocycles. The Hall–Kier alpha value is -0.500. The number of rotatable bonds is 7. The smallest absolute Gasteiger partial charge is 0.0484 e. The number of benzene rings is 1. The molecule has 0 aliphatic rings. The topological polar surface area (TPSA) is 12.0 Å². The minimum Gasteiger partial charge on any atom is -0.384 e. The Bertz CT molecular complexity index is 273. The first-order chi connectivity index (χ1) is 7.34. The fourth-order valence-corrected chi connectivity index (χ4v) is 1.98. The van der Waals surface area contributed by atoms with E-state index in [1.165, 1.54) is 37.8 Å². The summed E-state index contributed by atoms with van der Waals surface area (Å²) in [5, 5.41) is 3.44. The third-order valence-corrected chi connectivity index (χ3v) is 3.16. The lowest BCUT2D eigenvalue weighted by molar-refractivity contribution is 0.645. The molecule has 0 saturated heterocycles. The van der Waals surface area contributed by atoms with E-state index in [1.807, 2.05) is 6.07 Å². The number of unbranched alkanes of at least 4 members (excludes halogenated alkanes) is 4. The number of hydrogen-bond acceptors (Lipinski definition) is 1. The van der Waals surface area contributed by atoms with E-state index in [9.17, 15) is 0 Å². The first-order valence-corrected chi connectivity index (χ1v) is 6.62. The molecule has 0 heterocycles. The van der Waals surface area contributed by atoms with Gasteiger partial charge in [-0.1, -0.05) is 44.7 Å². The maximum absolute atomic E-state index is 3.53. The zero-order valence-electron chi connectivity index (χ0n) is 9.43. The van der Waals surface area contributed by atoms with Crippen LogP contribution < -0.4 is 5.32 Å². The number of hydrogen-bond donors (Lipinski definition) is 1. The average Bonchev–Trinajstić information content (AvgIpc) is 2.25. The molecule has 84 valence electrons. The zero-order valence-corrected chi connectivity index (χ0v) is 11.0. The van der Waals surface area contributed by atoms with Crippen LogP contribution in [0.2, 0.25) is 0 Å². The summed E-state index contributed by atoms with van der Waals surface area (Å²) in [6, 6.07) is 8.27. The van der Waals surface area contributed by atoms with E-state index in [0.29, 0.717) is 0 Å².